The fourth-order valence-electron chi connectivity index (χ4n) is 1.74. The standard InChI is InChI=1S/C11H9F3N2O2/c12-5-1-3-7(10(14)9(5)13)16-8(17)4-2-6(15)11(16)18/h1,3,6H,2,4,15H2. The van der Waals surface area contributed by atoms with Gasteiger partial charge in [-0.25, -0.2) is 18.1 Å². The molecule has 0 spiro atoms. The molecule has 0 saturated carbocycles. The molecular weight excluding hydrogens is 249 g/mol. The number of nitrogens with zero attached hydrogens (tertiary/aromatic N) is 1. The lowest BCUT2D eigenvalue weighted by atomic mass is 10.0. The summed E-state index contributed by atoms with van der Waals surface area (Å²) in [4.78, 5) is 23.7. The van der Waals surface area contributed by atoms with Crippen LogP contribution in [-0.2, 0) is 9.59 Å². The first-order valence-corrected chi connectivity index (χ1v) is 5.19. The summed E-state index contributed by atoms with van der Waals surface area (Å²) in [6, 6.07) is 0.533. The van der Waals surface area contributed by atoms with Gasteiger partial charge in [0, 0.05) is 6.42 Å². The van der Waals surface area contributed by atoms with Crippen LogP contribution in [0.4, 0.5) is 18.9 Å². The van der Waals surface area contributed by atoms with Crippen LogP contribution in [0.25, 0.3) is 0 Å². The Morgan fingerprint density at radius 3 is 2.50 bits per heavy atom. The van der Waals surface area contributed by atoms with Crippen molar-refractivity contribution < 1.29 is 22.8 Å². The average molecular weight is 258 g/mol. The topological polar surface area (TPSA) is 63.4 Å². The molecule has 0 radical (unpaired) electrons. The van der Waals surface area contributed by atoms with Gasteiger partial charge in [-0.2, -0.15) is 0 Å². The van der Waals surface area contributed by atoms with Crippen LogP contribution >= 0.6 is 0 Å². The van der Waals surface area contributed by atoms with E-state index in [4.69, 9.17) is 5.73 Å². The van der Waals surface area contributed by atoms with Gasteiger partial charge in [0.25, 0.3) is 5.91 Å². The number of halogens is 3. The third-order valence-electron chi connectivity index (χ3n) is 2.71. The monoisotopic (exact) mass is 258 g/mol. The second kappa shape index (κ2) is 4.41. The Bertz CT molecular complexity index is 533. The van der Waals surface area contributed by atoms with Crippen molar-refractivity contribution in [1.29, 1.82) is 0 Å². The van der Waals surface area contributed by atoms with E-state index in [1.54, 1.807) is 0 Å². The number of carbonyl (C=O) groups is 2. The van der Waals surface area contributed by atoms with Gasteiger partial charge >= 0.3 is 0 Å². The van der Waals surface area contributed by atoms with E-state index >= 15 is 0 Å². The zero-order chi connectivity index (χ0) is 13.4. The number of hydrogen-bond donors (Lipinski definition) is 1. The van der Waals surface area contributed by atoms with E-state index in [1.165, 1.54) is 0 Å². The largest absolute Gasteiger partial charge is 0.320 e. The number of anilines is 1. The molecule has 1 aliphatic heterocycles. The first-order valence-electron chi connectivity index (χ1n) is 5.19. The average Bonchev–Trinajstić information content (AvgIpc) is 2.34. The molecule has 2 amide bonds. The van der Waals surface area contributed by atoms with Gasteiger partial charge in [-0.1, -0.05) is 0 Å². The van der Waals surface area contributed by atoms with E-state index in [0.717, 1.165) is 6.07 Å². The minimum atomic E-state index is -1.73. The van der Waals surface area contributed by atoms with Gasteiger partial charge < -0.3 is 5.73 Å². The summed E-state index contributed by atoms with van der Waals surface area (Å²) in [6.45, 7) is 0. The molecular formula is C11H9F3N2O2. The molecule has 4 nitrogen and oxygen atoms in total. The van der Waals surface area contributed by atoms with Crippen molar-refractivity contribution in [3.63, 3.8) is 0 Å². The summed E-state index contributed by atoms with van der Waals surface area (Å²) < 4.78 is 39.4. The summed E-state index contributed by atoms with van der Waals surface area (Å²) >= 11 is 0. The summed E-state index contributed by atoms with van der Waals surface area (Å²) in [5, 5.41) is 0. The van der Waals surface area contributed by atoms with Crippen molar-refractivity contribution in [3.05, 3.63) is 29.6 Å². The van der Waals surface area contributed by atoms with Gasteiger partial charge in [-0.15, -0.1) is 0 Å². The van der Waals surface area contributed by atoms with Crippen molar-refractivity contribution in [2.45, 2.75) is 18.9 Å². The second-order valence-electron chi connectivity index (χ2n) is 3.91. The molecule has 0 aliphatic carbocycles. The number of piperidine rings is 1. The Kier molecular flexibility index (Phi) is 3.08. The zero-order valence-corrected chi connectivity index (χ0v) is 9.12. The third kappa shape index (κ3) is 1.86. The third-order valence-corrected chi connectivity index (χ3v) is 2.71. The SMILES string of the molecule is NC1CCC(=O)N(c2ccc(F)c(F)c2F)C1=O. The highest BCUT2D eigenvalue weighted by Crippen LogP contribution is 2.27. The van der Waals surface area contributed by atoms with Crippen molar-refractivity contribution in [3.8, 4) is 0 Å². The minimum absolute atomic E-state index is 0.0503. The summed E-state index contributed by atoms with van der Waals surface area (Å²) in [5.74, 6) is -6.21. The number of rotatable bonds is 1. The highest BCUT2D eigenvalue weighted by atomic mass is 19.2. The van der Waals surface area contributed by atoms with E-state index in [0.29, 0.717) is 11.0 Å². The van der Waals surface area contributed by atoms with Crippen molar-refractivity contribution in [2.75, 3.05) is 4.90 Å². The summed E-state index contributed by atoms with van der Waals surface area (Å²) in [7, 11) is 0. The maximum absolute atomic E-state index is 13.5. The van der Waals surface area contributed by atoms with E-state index in [9.17, 15) is 22.8 Å². The Hall–Kier alpha value is -1.89. The summed E-state index contributed by atoms with van der Waals surface area (Å²) in [6.07, 6.45) is 0.102. The number of carbonyl (C=O) groups excluding carboxylic acids is 2. The van der Waals surface area contributed by atoms with Gasteiger partial charge in [0.2, 0.25) is 5.91 Å². The molecule has 1 aromatic carbocycles. The van der Waals surface area contributed by atoms with Crippen molar-refractivity contribution in [1.82, 2.24) is 0 Å². The number of imide groups is 1. The lowest BCUT2D eigenvalue weighted by molar-refractivity contribution is -0.130. The molecule has 1 aliphatic rings. The molecule has 7 heteroatoms. The molecule has 1 unspecified atom stereocenters. The first-order chi connectivity index (χ1) is 8.43. The molecule has 2 rings (SSSR count). The van der Waals surface area contributed by atoms with E-state index in [1.807, 2.05) is 0 Å². The van der Waals surface area contributed by atoms with Crippen molar-refractivity contribution in [2.24, 2.45) is 5.73 Å². The van der Waals surface area contributed by atoms with Crippen molar-refractivity contribution >= 4 is 17.5 Å². The lowest BCUT2D eigenvalue weighted by Crippen LogP contribution is -2.51. The van der Waals surface area contributed by atoms with Crippen LogP contribution in [0.15, 0.2) is 12.1 Å². The second-order valence-corrected chi connectivity index (χ2v) is 3.91. The molecule has 1 atom stereocenters. The molecule has 1 heterocycles. The minimum Gasteiger partial charge on any atom is -0.320 e. The van der Waals surface area contributed by atoms with Crippen LogP contribution in [0.1, 0.15) is 12.8 Å². The van der Waals surface area contributed by atoms with Gasteiger partial charge in [0.1, 0.15) is 0 Å². The predicted molar refractivity (Wildman–Crippen MR) is 56.0 cm³/mol. The van der Waals surface area contributed by atoms with E-state index in [2.05, 4.69) is 0 Å². The Balaban J connectivity index is 2.50. The maximum atomic E-state index is 13.5. The lowest BCUT2D eigenvalue weighted by Gasteiger charge is -2.28. The fourth-order valence-corrected chi connectivity index (χ4v) is 1.74. The van der Waals surface area contributed by atoms with Crippen LogP contribution in [-0.4, -0.2) is 17.9 Å². The fraction of sp³-hybridized carbons (Fsp3) is 0.273. The van der Waals surface area contributed by atoms with Gasteiger partial charge in [0.05, 0.1) is 11.7 Å². The van der Waals surface area contributed by atoms with Crippen LogP contribution in [0.3, 0.4) is 0 Å². The first kappa shape index (κ1) is 12.6. The van der Waals surface area contributed by atoms with E-state index < -0.39 is 41.0 Å². The van der Waals surface area contributed by atoms with Crippen LogP contribution in [0.2, 0.25) is 0 Å². The maximum Gasteiger partial charge on any atom is 0.250 e. The molecule has 2 N–H and O–H groups in total. The number of benzene rings is 1. The smallest absolute Gasteiger partial charge is 0.250 e. The highest BCUT2D eigenvalue weighted by Gasteiger charge is 2.35. The molecule has 1 fully saturated rings. The Labute approximate surface area is 100 Å². The summed E-state index contributed by atoms with van der Waals surface area (Å²) in [5.41, 5.74) is 4.84. The molecule has 0 aromatic heterocycles. The number of amides is 2. The van der Waals surface area contributed by atoms with Crippen LogP contribution in [0.5, 0.6) is 0 Å². The number of nitrogens with two attached hydrogens (primary N) is 1. The molecule has 1 aromatic rings. The molecule has 1 saturated heterocycles. The van der Waals surface area contributed by atoms with Crippen LogP contribution in [0, 0.1) is 17.5 Å². The Morgan fingerprint density at radius 2 is 1.83 bits per heavy atom. The van der Waals surface area contributed by atoms with Gasteiger partial charge in [-0.05, 0) is 18.6 Å². The molecule has 96 valence electrons. The van der Waals surface area contributed by atoms with E-state index in [-0.39, 0.29) is 12.8 Å². The zero-order valence-electron chi connectivity index (χ0n) is 9.12. The van der Waals surface area contributed by atoms with Gasteiger partial charge in [0.15, 0.2) is 17.5 Å². The van der Waals surface area contributed by atoms with Gasteiger partial charge in [-0.3, -0.25) is 9.59 Å². The number of hydrogen-bond acceptors (Lipinski definition) is 3. The predicted octanol–water partition coefficient (Wildman–Crippen LogP) is 1.08. The highest BCUT2D eigenvalue weighted by molar-refractivity contribution is 6.18. The normalized spacial score (nSPS) is 20.4. The Morgan fingerprint density at radius 1 is 1.17 bits per heavy atom. The quantitative estimate of drug-likeness (QED) is 0.605. The van der Waals surface area contributed by atoms with Crippen LogP contribution < -0.4 is 10.6 Å². The molecule has 18 heavy (non-hydrogen) atoms. The molecule has 0 bridgehead atoms.